The summed E-state index contributed by atoms with van der Waals surface area (Å²) in [7, 11) is 1.41. The maximum Gasteiger partial charge on any atom is 0.337 e. The Labute approximate surface area is 161 Å². The normalized spacial score (nSPS) is 17.7. The topological polar surface area (TPSA) is 32.8 Å². The molecule has 0 aliphatic carbocycles. The zero-order chi connectivity index (χ0) is 18.6. The first kappa shape index (κ1) is 18.2. The number of benzene rings is 2. The summed E-state index contributed by atoms with van der Waals surface area (Å²) in [6.45, 7) is 7.15. The van der Waals surface area contributed by atoms with E-state index in [-0.39, 0.29) is 5.97 Å². The van der Waals surface area contributed by atoms with Gasteiger partial charge in [0, 0.05) is 26.2 Å². The Morgan fingerprint density at radius 1 is 0.889 bits per heavy atom. The molecule has 2 heterocycles. The van der Waals surface area contributed by atoms with Crippen molar-refractivity contribution >= 4 is 5.97 Å². The van der Waals surface area contributed by atoms with Crippen LogP contribution in [-0.4, -0.2) is 55.6 Å². The summed E-state index contributed by atoms with van der Waals surface area (Å²) in [5.74, 6) is -0.291. The molecule has 0 atom stereocenters. The maximum atomic E-state index is 11.6. The van der Waals surface area contributed by atoms with Gasteiger partial charge in [-0.05, 0) is 66.7 Å². The summed E-state index contributed by atoms with van der Waals surface area (Å²) >= 11 is 0. The highest BCUT2D eigenvalue weighted by Crippen LogP contribution is 2.27. The van der Waals surface area contributed by atoms with Crippen LogP contribution in [0.4, 0.5) is 0 Å². The molecule has 0 N–H and O–H groups in total. The SMILES string of the molecule is COC(=O)c1ccc(-c2ccc3c(c2)CCN(CCN2CCCC2)C3)cc1. The highest BCUT2D eigenvalue weighted by atomic mass is 16.5. The average Bonchev–Trinajstić information content (AvgIpc) is 3.25. The molecule has 0 aromatic heterocycles. The average molecular weight is 364 g/mol. The number of nitrogens with zero attached hydrogens (tertiary/aromatic N) is 2. The molecule has 1 saturated heterocycles. The van der Waals surface area contributed by atoms with Gasteiger partial charge in [-0.15, -0.1) is 0 Å². The van der Waals surface area contributed by atoms with Crippen LogP contribution < -0.4 is 0 Å². The summed E-state index contributed by atoms with van der Waals surface area (Å²) < 4.78 is 4.77. The Morgan fingerprint density at radius 3 is 2.33 bits per heavy atom. The number of ether oxygens (including phenoxy) is 1. The fourth-order valence-corrected chi connectivity index (χ4v) is 4.19. The van der Waals surface area contributed by atoms with Crippen LogP contribution in [0.25, 0.3) is 11.1 Å². The van der Waals surface area contributed by atoms with Crippen molar-refractivity contribution in [3.8, 4) is 11.1 Å². The van der Waals surface area contributed by atoms with Crippen molar-refractivity contribution in [2.24, 2.45) is 0 Å². The summed E-state index contributed by atoms with van der Waals surface area (Å²) in [6, 6.07) is 14.5. The number of likely N-dealkylation sites (tertiary alicyclic amines) is 1. The Balaban J connectivity index is 1.41. The molecule has 2 aromatic carbocycles. The number of fused-ring (bicyclic) bond motifs is 1. The Bertz CT molecular complexity index is 795. The lowest BCUT2D eigenvalue weighted by atomic mass is 9.94. The molecule has 4 rings (SSSR count). The van der Waals surface area contributed by atoms with Crippen molar-refractivity contribution < 1.29 is 9.53 Å². The summed E-state index contributed by atoms with van der Waals surface area (Å²) in [4.78, 5) is 16.8. The first-order valence-corrected chi connectivity index (χ1v) is 9.98. The Morgan fingerprint density at radius 2 is 1.59 bits per heavy atom. The van der Waals surface area contributed by atoms with E-state index in [2.05, 4.69) is 28.0 Å². The van der Waals surface area contributed by atoms with Crippen LogP contribution in [0.5, 0.6) is 0 Å². The molecule has 0 radical (unpaired) electrons. The minimum absolute atomic E-state index is 0.291. The molecule has 0 spiro atoms. The molecule has 0 saturated carbocycles. The lowest BCUT2D eigenvalue weighted by Gasteiger charge is -2.30. The monoisotopic (exact) mass is 364 g/mol. The summed E-state index contributed by atoms with van der Waals surface area (Å²) in [5, 5.41) is 0. The summed E-state index contributed by atoms with van der Waals surface area (Å²) in [6.07, 6.45) is 3.85. The third kappa shape index (κ3) is 4.23. The van der Waals surface area contributed by atoms with Crippen molar-refractivity contribution in [3.63, 3.8) is 0 Å². The van der Waals surface area contributed by atoms with Gasteiger partial charge in [-0.25, -0.2) is 4.79 Å². The van der Waals surface area contributed by atoms with Gasteiger partial charge in [0.2, 0.25) is 0 Å². The molecular formula is C23H28N2O2. The van der Waals surface area contributed by atoms with Gasteiger partial charge >= 0.3 is 5.97 Å². The van der Waals surface area contributed by atoms with Gasteiger partial charge in [-0.1, -0.05) is 30.3 Å². The second-order valence-electron chi connectivity index (χ2n) is 7.63. The minimum atomic E-state index is -0.291. The number of hydrogen-bond acceptors (Lipinski definition) is 4. The van der Waals surface area contributed by atoms with E-state index in [1.54, 1.807) is 0 Å². The van der Waals surface area contributed by atoms with E-state index in [1.807, 2.05) is 24.3 Å². The van der Waals surface area contributed by atoms with Gasteiger partial charge in [0.25, 0.3) is 0 Å². The van der Waals surface area contributed by atoms with Crippen LogP contribution in [0, 0.1) is 0 Å². The smallest absolute Gasteiger partial charge is 0.337 e. The zero-order valence-corrected chi connectivity index (χ0v) is 16.1. The lowest BCUT2D eigenvalue weighted by Crippen LogP contribution is -2.37. The number of carbonyl (C=O) groups is 1. The van der Waals surface area contributed by atoms with Crippen LogP contribution >= 0.6 is 0 Å². The van der Waals surface area contributed by atoms with Gasteiger partial charge in [-0.3, -0.25) is 4.90 Å². The molecule has 0 unspecified atom stereocenters. The van der Waals surface area contributed by atoms with Crippen LogP contribution in [0.2, 0.25) is 0 Å². The molecule has 4 heteroatoms. The number of hydrogen-bond donors (Lipinski definition) is 0. The van der Waals surface area contributed by atoms with E-state index in [4.69, 9.17) is 4.74 Å². The summed E-state index contributed by atoms with van der Waals surface area (Å²) in [5.41, 5.74) is 5.87. The van der Waals surface area contributed by atoms with Crippen molar-refractivity contribution in [2.75, 3.05) is 39.8 Å². The van der Waals surface area contributed by atoms with Crippen molar-refractivity contribution in [2.45, 2.75) is 25.8 Å². The van der Waals surface area contributed by atoms with Crippen molar-refractivity contribution in [1.82, 2.24) is 9.80 Å². The Hall–Kier alpha value is -2.17. The van der Waals surface area contributed by atoms with Crippen molar-refractivity contribution in [3.05, 3.63) is 59.2 Å². The molecular weight excluding hydrogens is 336 g/mol. The molecule has 2 aliphatic heterocycles. The van der Waals surface area contributed by atoms with Gasteiger partial charge in [0.1, 0.15) is 0 Å². The fourth-order valence-electron chi connectivity index (χ4n) is 4.19. The van der Waals surface area contributed by atoms with Gasteiger partial charge in [0.15, 0.2) is 0 Å². The van der Waals surface area contributed by atoms with Gasteiger partial charge in [-0.2, -0.15) is 0 Å². The quantitative estimate of drug-likeness (QED) is 0.759. The van der Waals surface area contributed by atoms with Crippen molar-refractivity contribution in [1.29, 1.82) is 0 Å². The Kier molecular flexibility index (Phi) is 5.55. The van der Waals surface area contributed by atoms with Crippen LogP contribution in [-0.2, 0) is 17.7 Å². The maximum absolute atomic E-state index is 11.6. The number of methoxy groups -OCH3 is 1. The predicted molar refractivity (Wildman–Crippen MR) is 108 cm³/mol. The predicted octanol–water partition coefficient (Wildman–Crippen LogP) is 3.59. The molecule has 4 nitrogen and oxygen atoms in total. The minimum Gasteiger partial charge on any atom is -0.465 e. The fraction of sp³-hybridized carbons (Fsp3) is 0.435. The zero-order valence-electron chi connectivity index (χ0n) is 16.1. The molecule has 1 fully saturated rings. The van der Waals surface area contributed by atoms with E-state index < -0.39 is 0 Å². The van der Waals surface area contributed by atoms with E-state index in [1.165, 1.54) is 62.8 Å². The molecule has 0 amide bonds. The first-order chi connectivity index (χ1) is 13.2. The first-order valence-electron chi connectivity index (χ1n) is 9.98. The van der Waals surface area contributed by atoms with E-state index in [0.717, 1.165) is 25.1 Å². The number of carbonyl (C=O) groups excluding carboxylic acids is 1. The molecule has 2 aromatic rings. The van der Waals surface area contributed by atoms with Crippen LogP contribution in [0.15, 0.2) is 42.5 Å². The van der Waals surface area contributed by atoms with Gasteiger partial charge in [0.05, 0.1) is 12.7 Å². The lowest BCUT2D eigenvalue weighted by molar-refractivity contribution is 0.0601. The molecule has 27 heavy (non-hydrogen) atoms. The van der Waals surface area contributed by atoms with E-state index in [0.29, 0.717) is 5.56 Å². The second-order valence-corrected chi connectivity index (χ2v) is 7.63. The van der Waals surface area contributed by atoms with Crippen LogP contribution in [0.1, 0.15) is 34.3 Å². The number of esters is 1. The highest BCUT2D eigenvalue weighted by molar-refractivity contribution is 5.90. The largest absolute Gasteiger partial charge is 0.465 e. The van der Waals surface area contributed by atoms with Gasteiger partial charge < -0.3 is 9.64 Å². The molecule has 0 bridgehead atoms. The highest BCUT2D eigenvalue weighted by Gasteiger charge is 2.18. The van der Waals surface area contributed by atoms with Crippen LogP contribution in [0.3, 0.4) is 0 Å². The third-order valence-electron chi connectivity index (χ3n) is 5.87. The molecule has 142 valence electrons. The molecule has 2 aliphatic rings. The third-order valence-corrected chi connectivity index (χ3v) is 5.87. The van der Waals surface area contributed by atoms with E-state index in [9.17, 15) is 4.79 Å². The second kappa shape index (κ2) is 8.24. The standard InChI is InChI=1S/C23H28N2O2/c1-27-23(26)19-6-4-18(5-7-19)20-8-9-22-17-25(13-10-21(22)16-20)15-14-24-11-2-3-12-24/h4-9,16H,2-3,10-15,17H2,1H3. The number of rotatable bonds is 5. The van der Waals surface area contributed by atoms with E-state index >= 15 is 0 Å².